The first-order chi connectivity index (χ1) is 11.2. The van der Waals surface area contributed by atoms with Gasteiger partial charge in [0.1, 0.15) is 5.82 Å². The molecule has 0 bridgehead atoms. The summed E-state index contributed by atoms with van der Waals surface area (Å²) in [5.41, 5.74) is 2.79. The average Bonchev–Trinajstić information content (AvgIpc) is 2.85. The molecule has 3 rings (SSSR count). The molecule has 4 nitrogen and oxygen atoms in total. The van der Waals surface area contributed by atoms with Crippen LogP contribution in [0.4, 0.5) is 11.5 Å². The number of hydrogen-bond donors (Lipinski definition) is 1. The van der Waals surface area contributed by atoms with Gasteiger partial charge in [0.2, 0.25) is 0 Å². The van der Waals surface area contributed by atoms with Crippen LogP contribution in [0, 0.1) is 6.92 Å². The lowest BCUT2D eigenvalue weighted by Crippen LogP contribution is -2.24. The Labute approximate surface area is 137 Å². The number of rotatable bonds is 3. The maximum atomic E-state index is 12.3. The number of nitrogens with one attached hydrogen (secondary N) is 1. The molecule has 120 valence electrons. The summed E-state index contributed by atoms with van der Waals surface area (Å²) >= 11 is 0. The molecule has 0 saturated carbocycles. The van der Waals surface area contributed by atoms with Gasteiger partial charge in [0.15, 0.2) is 0 Å². The Kier molecular flexibility index (Phi) is 4.91. The Morgan fingerprint density at radius 2 is 1.78 bits per heavy atom. The Hall–Kier alpha value is -2.36. The monoisotopic (exact) mass is 309 g/mol. The minimum absolute atomic E-state index is 0.113. The third-order valence-electron chi connectivity index (χ3n) is 4.35. The van der Waals surface area contributed by atoms with Crippen molar-refractivity contribution in [3.05, 3.63) is 53.7 Å². The summed E-state index contributed by atoms with van der Waals surface area (Å²) < 4.78 is 0. The van der Waals surface area contributed by atoms with E-state index < -0.39 is 0 Å². The third-order valence-corrected chi connectivity index (χ3v) is 4.35. The smallest absolute Gasteiger partial charge is 0.257 e. The number of benzene rings is 1. The number of amides is 1. The molecule has 0 radical (unpaired) electrons. The number of pyridine rings is 1. The molecule has 1 N–H and O–H groups in total. The predicted molar refractivity (Wildman–Crippen MR) is 94.1 cm³/mol. The van der Waals surface area contributed by atoms with Crippen molar-refractivity contribution in [2.45, 2.75) is 32.6 Å². The van der Waals surface area contributed by atoms with Crippen LogP contribution in [-0.4, -0.2) is 24.0 Å². The number of carbonyl (C=O) groups excluding carboxylic acids is 1. The van der Waals surface area contributed by atoms with Gasteiger partial charge < -0.3 is 10.2 Å². The lowest BCUT2D eigenvalue weighted by molar-refractivity contribution is 0.102. The molecule has 2 aromatic rings. The van der Waals surface area contributed by atoms with Crippen LogP contribution in [0.2, 0.25) is 0 Å². The van der Waals surface area contributed by atoms with E-state index in [0.29, 0.717) is 11.4 Å². The van der Waals surface area contributed by atoms with Crippen LogP contribution < -0.4 is 10.2 Å². The fraction of sp³-hybridized carbons (Fsp3) is 0.368. The highest BCUT2D eigenvalue weighted by Crippen LogP contribution is 2.20. The predicted octanol–water partition coefficient (Wildman–Crippen LogP) is 4.02. The van der Waals surface area contributed by atoms with Gasteiger partial charge in [0.25, 0.3) is 5.91 Å². The molecule has 1 saturated heterocycles. The highest BCUT2D eigenvalue weighted by molar-refractivity contribution is 6.04. The van der Waals surface area contributed by atoms with E-state index in [1.807, 2.05) is 49.5 Å². The van der Waals surface area contributed by atoms with Crippen LogP contribution in [0.1, 0.15) is 41.6 Å². The van der Waals surface area contributed by atoms with Crippen LogP contribution in [0.5, 0.6) is 0 Å². The highest BCUT2D eigenvalue weighted by Gasteiger charge is 2.12. The first-order valence-corrected chi connectivity index (χ1v) is 8.32. The molecule has 0 spiro atoms. The van der Waals surface area contributed by atoms with Crippen LogP contribution in [0.15, 0.2) is 42.6 Å². The quantitative estimate of drug-likeness (QED) is 0.931. The largest absolute Gasteiger partial charge is 0.370 e. The minimum atomic E-state index is -0.113. The second kappa shape index (κ2) is 7.27. The highest BCUT2D eigenvalue weighted by atomic mass is 16.1. The average molecular weight is 309 g/mol. The summed E-state index contributed by atoms with van der Waals surface area (Å²) in [5.74, 6) is 0.481. The summed E-state index contributed by atoms with van der Waals surface area (Å²) in [6, 6.07) is 11.5. The topological polar surface area (TPSA) is 45.2 Å². The summed E-state index contributed by atoms with van der Waals surface area (Å²) in [5, 5.41) is 2.87. The maximum absolute atomic E-state index is 12.3. The summed E-state index contributed by atoms with van der Waals surface area (Å²) in [4.78, 5) is 19.1. The number of anilines is 2. The van der Waals surface area contributed by atoms with Gasteiger partial charge in [0, 0.05) is 18.7 Å². The Balaban J connectivity index is 1.67. The van der Waals surface area contributed by atoms with Gasteiger partial charge in [-0.2, -0.15) is 0 Å². The van der Waals surface area contributed by atoms with Crippen molar-refractivity contribution >= 4 is 17.4 Å². The zero-order valence-electron chi connectivity index (χ0n) is 13.6. The fourth-order valence-corrected chi connectivity index (χ4v) is 2.99. The van der Waals surface area contributed by atoms with E-state index in [1.54, 1.807) is 0 Å². The van der Waals surface area contributed by atoms with Gasteiger partial charge in [0.05, 0.1) is 11.9 Å². The Morgan fingerprint density at radius 3 is 2.43 bits per heavy atom. The molecule has 0 aliphatic carbocycles. The normalized spacial score (nSPS) is 15.1. The van der Waals surface area contributed by atoms with E-state index in [1.165, 1.54) is 25.7 Å². The van der Waals surface area contributed by atoms with Gasteiger partial charge in [-0.25, -0.2) is 4.98 Å². The van der Waals surface area contributed by atoms with Gasteiger partial charge >= 0.3 is 0 Å². The molecule has 1 aliphatic heterocycles. The molecule has 0 atom stereocenters. The SMILES string of the molecule is Cc1ccccc1C(=O)Nc1ccc(N2CCCCCC2)cn1. The van der Waals surface area contributed by atoms with E-state index in [9.17, 15) is 4.79 Å². The standard InChI is InChI=1S/C19H23N3O/c1-15-8-4-5-9-17(15)19(23)21-18-11-10-16(14-20-18)22-12-6-2-3-7-13-22/h4-5,8-11,14H,2-3,6-7,12-13H2,1H3,(H,20,21,23). The van der Waals surface area contributed by atoms with Crippen LogP contribution in [-0.2, 0) is 0 Å². The number of aryl methyl sites for hydroxylation is 1. The molecular formula is C19H23N3O. The molecule has 4 heteroatoms. The fourth-order valence-electron chi connectivity index (χ4n) is 2.99. The molecule has 1 amide bonds. The van der Waals surface area contributed by atoms with Crippen molar-refractivity contribution in [1.82, 2.24) is 4.98 Å². The molecular weight excluding hydrogens is 286 g/mol. The Morgan fingerprint density at radius 1 is 1.04 bits per heavy atom. The first kappa shape index (κ1) is 15.5. The molecule has 0 unspecified atom stereocenters. The zero-order valence-corrected chi connectivity index (χ0v) is 13.6. The van der Waals surface area contributed by atoms with Crippen molar-refractivity contribution in [3.63, 3.8) is 0 Å². The summed E-state index contributed by atoms with van der Waals surface area (Å²) in [6.07, 6.45) is 6.97. The second-order valence-electron chi connectivity index (χ2n) is 6.07. The van der Waals surface area contributed by atoms with Crippen LogP contribution in [0.25, 0.3) is 0 Å². The van der Waals surface area contributed by atoms with Crippen LogP contribution >= 0.6 is 0 Å². The molecule has 1 aliphatic rings. The number of hydrogen-bond acceptors (Lipinski definition) is 3. The van der Waals surface area contributed by atoms with Gasteiger partial charge in [-0.05, 0) is 43.5 Å². The van der Waals surface area contributed by atoms with E-state index >= 15 is 0 Å². The molecule has 1 fully saturated rings. The second-order valence-corrected chi connectivity index (χ2v) is 6.07. The summed E-state index contributed by atoms with van der Waals surface area (Å²) in [7, 11) is 0. The zero-order chi connectivity index (χ0) is 16.1. The van der Waals surface area contributed by atoms with E-state index in [-0.39, 0.29) is 5.91 Å². The van der Waals surface area contributed by atoms with E-state index in [0.717, 1.165) is 24.3 Å². The molecule has 1 aromatic carbocycles. The van der Waals surface area contributed by atoms with Crippen molar-refractivity contribution in [3.8, 4) is 0 Å². The van der Waals surface area contributed by atoms with E-state index in [2.05, 4.69) is 15.2 Å². The van der Waals surface area contributed by atoms with Crippen LogP contribution in [0.3, 0.4) is 0 Å². The number of carbonyl (C=O) groups is 1. The lowest BCUT2D eigenvalue weighted by Gasteiger charge is -2.22. The van der Waals surface area contributed by atoms with Crippen molar-refractivity contribution < 1.29 is 4.79 Å². The summed E-state index contributed by atoms with van der Waals surface area (Å²) in [6.45, 7) is 4.12. The minimum Gasteiger partial charge on any atom is -0.370 e. The van der Waals surface area contributed by atoms with E-state index in [4.69, 9.17) is 0 Å². The molecule has 2 heterocycles. The lowest BCUT2D eigenvalue weighted by atomic mass is 10.1. The third kappa shape index (κ3) is 3.89. The molecule has 1 aromatic heterocycles. The van der Waals surface area contributed by atoms with Crippen molar-refractivity contribution in [2.24, 2.45) is 0 Å². The van der Waals surface area contributed by atoms with Gasteiger partial charge in [-0.3, -0.25) is 4.79 Å². The number of aromatic nitrogens is 1. The van der Waals surface area contributed by atoms with Crippen molar-refractivity contribution in [1.29, 1.82) is 0 Å². The first-order valence-electron chi connectivity index (χ1n) is 8.32. The number of nitrogens with zero attached hydrogens (tertiary/aromatic N) is 2. The Bertz CT molecular complexity index is 659. The van der Waals surface area contributed by atoms with Crippen molar-refractivity contribution in [2.75, 3.05) is 23.3 Å². The maximum Gasteiger partial charge on any atom is 0.257 e. The molecule has 23 heavy (non-hydrogen) atoms. The van der Waals surface area contributed by atoms with Gasteiger partial charge in [-0.1, -0.05) is 31.0 Å². The van der Waals surface area contributed by atoms with Gasteiger partial charge in [-0.15, -0.1) is 0 Å².